The van der Waals surface area contributed by atoms with Gasteiger partial charge in [0, 0.05) is 30.0 Å². The summed E-state index contributed by atoms with van der Waals surface area (Å²) in [5.41, 5.74) is 2.93. The van der Waals surface area contributed by atoms with Crippen LogP contribution in [0.1, 0.15) is 44.1 Å². The smallest absolute Gasteiger partial charge is 0.269 e. The van der Waals surface area contributed by atoms with Gasteiger partial charge in [-0.3, -0.25) is 19.5 Å². The van der Waals surface area contributed by atoms with Crippen LogP contribution in [0.4, 0.5) is 5.69 Å². The van der Waals surface area contributed by atoms with E-state index >= 15 is 0 Å². The number of thioether (sulfide) groups is 1. The molecule has 9 heteroatoms. The minimum atomic E-state index is -0.434. The standard InChI is InChI=1S/C23H27N5O3S/c1-16-6-5-7-17(12-16)15-32-22-26-25-20(14-24-21(29)13-23(2,3)4)27(22)18-8-10-19(11-9-18)28(30)31/h5-12H,13-15H2,1-4H3,(H,24,29). The zero-order chi connectivity index (χ0) is 23.3. The molecule has 0 aliphatic rings. The number of benzene rings is 2. The Labute approximate surface area is 191 Å². The Morgan fingerprint density at radius 1 is 1.16 bits per heavy atom. The van der Waals surface area contributed by atoms with E-state index in [-0.39, 0.29) is 23.6 Å². The summed E-state index contributed by atoms with van der Waals surface area (Å²) >= 11 is 1.52. The molecule has 3 aromatic rings. The molecule has 0 atom stereocenters. The number of aromatic nitrogens is 3. The van der Waals surface area contributed by atoms with E-state index in [2.05, 4.69) is 27.6 Å². The lowest BCUT2D eigenvalue weighted by Crippen LogP contribution is -2.28. The summed E-state index contributed by atoms with van der Waals surface area (Å²) in [7, 11) is 0. The molecule has 0 unspecified atom stereocenters. The molecule has 0 saturated heterocycles. The molecule has 1 aromatic heterocycles. The molecule has 0 saturated carbocycles. The van der Waals surface area contributed by atoms with Crippen molar-refractivity contribution in [3.05, 3.63) is 75.6 Å². The average Bonchev–Trinajstić information content (AvgIpc) is 3.12. The van der Waals surface area contributed by atoms with E-state index in [1.54, 1.807) is 12.1 Å². The van der Waals surface area contributed by atoms with Gasteiger partial charge in [-0.15, -0.1) is 10.2 Å². The van der Waals surface area contributed by atoms with Crippen molar-refractivity contribution in [2.45, 2.75) is 51.6 Å². The number of rotatable bonds is 8. The number of nitrogens with zero attached hydrogens (tertiary/aromatic N) is 4. The summed E-state index contributed by atoms with van der Waals surface area (Å²) in [5, 5.41) is 23.2. The summed E-state index contributed by atoms with van der Waals surface area (Å²) in [6.45, 7) is 8.28. The van der Waals surface area contributed by atoms with Gasteiger partial charge in [0.1, 0.15) is 0 Å². The molecule has 1 amide bonds. The maximum Gasteiger partial charge on any atom is 0.269 e. The summed E-state index contributed by atoms with van der Waals surface area (Å²) in [4.78, 5) is 22.9. The first-order valence-corrected chi connectivity index (χ1v) is 11.2. The molecule has 1 heterocycles. The lowest BCUT2D eigenvalue weighted by molar-refractivity contribution is -0.384. The Hall–Kier alpha value is -3.20. The lowest BCUT2D eigenvalue weighted by Gasteiger charge is -2.17. The number of amides is 1. The van der Waals surface area contributed by atoms with Crippen LogP contribution in [0.3, 0.4) is 0 Å². The van der Waals surface area contributed by atoms with E-state index in [4.69, 9.17) is 0 Å². The number of nitro benzene ring substituents is 1. The minimum absolute atomic E-state index is 0.0100. The van der Waals surface area contributed by atoms with Crippen LogP contribution >= 0.6 is 11.8 Å². The van der Waals surface area contributed by atoms with Crippen LogP contribution < -0.4 is 5.32 Å². The van der Waals surface area contributed by atoms with Crippen LogP contribution in [0.15, 0.2) is 53.7 Å². The first-order chi connectivity index (χ1) is 15.1. The van der Waals surface area contributed by atoms with Crippen molar-refractivity contribution in [3.63, 3.8) is 0 Å². The molecule has 168 valence electrons. The number of hydrogen-bond acceptors (Lipinski definition) is 6. The number of aryl methyl sites for hydroxylation is 1. The quantitative estimate of drug-likeness (QED) is 0.298. The largest absolute Gasteiger partial charge is 0.349 e. The third-order valence-electron chi connectivity index (χ3n) is 4.60. The monoisotopic (exact) mass is 453 g/mol. The van der Waals surface area contributed by atoms with Crippen LogP contribution in [0, 0.1) is 22.5 Å². The second-order valence-corrected chi connectivity index (χ2v) is 9.74. The molecule has 0 radical (unpaired) electrons. The SMILES string of the molecule is Cc1cccc(CSc2nnc(CNC(=O)CC(C)(C)C)n2-c2ccc([N+](=O)[O-])cc2)c1. The van der Waals surface area contributed by atoms with Gasteiger partial charge in [-0.2, -0.15) is 0 Å². The second-order valence-electron chi connectivity index (χ2n) is 8.80. The van der Waals surface area contributed by atoms with E-state index in [0.717, 1.165) is 5.56 Å². The van der Waals surface area contributed by atoms with Gasteiger partial charge >= 0.3 is 0 Å². The summed E-state index contributed by atoms with van der Waals surface area (Å²) in [6, 6.07) is 14.5. The van der Waals surface area contributed by atoms with E-state index < -0.39 is 4.92 Å². The minimum Gasteiger partial charge on any atom is -0.349 e. The van der Waals surface area contributed by atoms with Crippen LogP contribution in [-0.4, -0.2) is 25.6 Å². The highest BCUT2D eigenvalue weighted by Gasteiger charge is 2.19. The third-order valence-corrected chi connectivity index (χ3v) is 5.60. The fourth-order valence-electron chi connectivity index (χ4n) is 3.16. The average molecular weight is 454 g/mol. The second kappa shape index (κ2) is 9.95. The summed E-state index contributed by atoms with van der Waals surface area (Å²) in [5.74, 6) is 1.20. The summed E-state index contributed by atoms with van der Waals surface area (Å²) in [6.07, 6.45) is 0.396. The highest BCUT2D eigenvalue weighted by molar-refractivity contribution is 7.98. The van der Waals surface area contributed by atoms with Crippen molar-refractivity contribution in [2.24, 2.45) is 5.41 Å². The zero-order valence-corrected chi connectivity index (χ0v) is 19.5. The van der Waals surface area contributed by atoms with Crippen molar-refractivity contribution in [1.29, 1.82) is 0 Å². The predicted octanol–water partition coefficient (Wildman–Crippen LogP) is 4.83. The van der Waals surface area contributed by atoms with Crippen LogP contribution in [0.5, 0.6) is 0 Å². The Morgan fingerprint density at radius 2 is 1.88 bits per heavy atom. The van der Waals surface area contributed by atoms with Gasteiger partial charge in [-0.25, -0.2) is 0 Å². The molecule has 32 heavy (non-hydrogen) atoms. The normalized spacial score (nSPS) is 11.4. The molecular formula is C23H27N5O3S. The molecular weight excluding hydrogens is 426 g/mol. The molecule has 0 spiro atoms. The van der Waals surface area contributed by atoms with Gasteiger partial charge in [0.15, 0.2) is 11.0 Å². The fourth-order valence-corrected chi connectivity index (χ4v) is 4.08. The van der Waals surface area contributed by atoms with Gasteiger partial charge in [-0.1, -0.05) is 62.4 Å². The Morgan fingerprint density at radius 3 is 2.50 bits per heavy atom. The molecule has 0 bridgehead atoms. The summed E-state index contributed by atoms with van der Waals surface area (Å²) < 4.78 is 1.83. The number of nitrogens with one attached hydrogen (secondary N) is 1. The van der Waals surface area contributed by atoms with E-state index in [1.807, 2.05) is 44.4 Å². The maximum absolute atomic E-state index is 12.3. The number of hydrogen-bond donors (Lipinski definition) is 1. The molecule has 0 fully saturated rings. The Balaban J connectivity index is 1.85. The van der Waals surface area contributed by atoms with Crippen LogP contribution in [0.25, 0.3) is 5.69 Å². The Kier molecular flexibility index (Phi) is 7.29. The lowest BCUT2D eigenvalue weighted by atomic mass is 9.92. The van der Waals surface area contributed by atoms with Gasteiger partial charge < -0.3 is 5.32 Å². The molecule has 1 N–H and O–H groups in total. The topological polar surface area (TPSA) is 103 Å². The van der Waals surface area contributed by atoms with Gasteiger partial charge in [0.05, 0.1) is 11.5 Å². The van der Waals surface area contributed by atoms with Crippen molar-refractivity contribution >= 4 is 23.4 Å². The van der Waals surface area contributed by atoms with Crippen molar-refractivity contribution in [3.8, 4) is 5.69 Å². The molecule has 0 aliphatic heterocycles. The first-order valence-electron chi connectivity index (χ1n) is 10.3. The van der Waals surface area contributed by atoms with Gasteiger partial charge in [0.25, 0.3) is 5.69 Å². The molecule has 0 aliphatic carbocycles. The highest BCUT2D eigenvalue weighted by atomic mass is 32.2. The van der Waals surface area contributed by atoms with Crippen molar-refractivity contribution < 1.29 is 9.72 Å². The molecule has 3 rings (SSSR count). The number of carbonyl (C=O) groups is 1. The number of non-ortho nitro benzene ring substituents is 1. The van der Waals surface area contributed by atoms with Crippen molar-refractivity contribution in [2.75, 3.05) is 0 Å². The van der Waals surface area contributed by atoms with E-state index in [0.29, 0.717) is 28.8 Å². The predicted molar refractivity (Wildman–Crippen MR) is 125 cm³/mol. The van der Waals surface area contributed by atoms with Crippen LogP contribution in [0.2, 0.25) is 0 Å². The van der Waals surface area contributed by atoms with Gasteiger partial charge in [0.2, 0.25) is 5.91 Å². The maximum atomic E-state index is 12.3. The zero-order valence-electron chi connectivity index (χ0n) is 18.7. The molecule has 2 aromatic carbocycles. The number of carbonyl (C=O) groups excluding carboxylic acids is 1. The number of nitro groups is 1. The van der Waals surface area contributed by atoms with Crippen molar-refractivity contribution in [1.82, 2.24) is 20.1 Å². The fraction of sp³-hybridized carbons (Fsp3) is 0.348. The van der Waals surface area contributed by atoms with E-state index in [1.165, 1.54) is 29.5 Å². The van der Waals surface area contributed by atoms with Crippen LogP contribution in [-0.2, 0) is 17.1 Å². The van der Waals surface area contributed by atoms with E-state index in [9.17, 15) is 14.9 Å². The Bertz CT molecular complexity index is 1100. The highest BCUT2D eigenvalue weighted by Crippen LogP contribution is 2.27. The third kappa shape index (κ3) is 6.40. The van der Waals surface area contributed by atoms with Gasteiger partial charge in [-0.05, 0) is 30.0 Å². The molecule has 8 nitrogen and oxygen atoms in total. The first kappa shape index (κ1) is 23.5.